The van der Waals surface area contributed by atoms with Gasteiger partial charge in [0.2, 0.25) is 11.8 Å². The summed E-state index contributed by atoms with van der Waals surface area (Å²) in [4.78, 5) is 39.9. The largest absolute Gasteiger partial charge is 0.456 e. The van der Waals surface area contributed by atoms with Crippen LogP contribution < -0.4 is 10.6 Å². The maximum atomic E-state index is 12.9. The summed E-state index contributed by atoms with van der Waals surface area (Å²) in [5.74, 6) is -1.09. The Morgan fingerprint density at radius 3 is 2.70 bits per heavy atom. The van der Waals surface area contributed by atoms with Crippen LogP contribution in [0, 0.1) is 5.92 Å². The number of carbonyl (C=O) groups excluding carboxylic acids is 3. The van der Waals surface area contributed by atoms with Crippen LogP contribution in [-0.4, -0.2) is 68.6 Å². The lowest BCUT2D eigenvalue weighted by atomic mass is 9.98. The molecule has 1 aromatic rings. The lowest BCUT2D eigenvalue weighted by Gasteiger charge is -2.26. The van der Waals surface area contributed by atoms with Gasteiger partial charge in [0.15, 0.2) is 0 Å². The van der Waals surface area contributed by atoms with E-state index in [9.17, 15) is 14.4 Å². The molecule has 2 aliphatic heterocycles. The Labute approximate surface area is 195 Å². The summed E-state index contributed by atoms with van der Waals surface area (Å²) in [6, 6.07) is 9.38. The molecular weight excluding hydrogens is 422 g/mol. The van der Waals surface area contributed by atoms with E-state index in [0.29, 0.717) is 19.4 Å². The van der Waals surface area contributed by atoms with E-state index >= 15 is 0 Å². The maximum absolute atomic E-state index is 12.9. The first-order valence-corrected chi connectivity index (χ1v) is 11.9. The highest BCUT2D eigenvalue weighted by Gasteiger charge is 2.24. The molecule has 1 fully saturated rings. The number of amides is 2. The van der Waals surface area contributed by atoms with Crippen LogP contribution in [0.25, 0.3) is 0 Å². The third-order valence-corrected chi connectivity index (χ3v) is 5.89. The van der Waals surface area contributed by atoms with Crippen molar-refractivity contribution in [2.45, 2.75) is 38.2 Å². The van der Waals surface area contributed by atoms with Gasteiger partial charge in [0, 0.05) is 32.5 Å². The lowest BCUT2D eigenvalue weighted by Crippen LogP contribution is -2.39. The van der Waals surface area contributed by atoms with Gasteiger partial charge in [-0.05, 0) is 31.4 Å². The van der Waals surface area contributed by atoms with Crippen LogP contribution >= 0.6 is 0 Å². The minimum absolute atomic E-state index is 0.122. The number of allylic oxidation sites excluding steroid dienone is 2. The first kappa shape index (κ1) is 24.9. The van der Waals surface area contributed by atoms with Gasteiger partial charge in [0.1, 0.15) is 6.10 Å². The highest BCUT2D eigenvalue weighted by Crippen LogP contribution is 2.19. The highest BCUT2D eigenvalue weighted by molar-refractivity contribution is 5.86. The van der Waals surface area contributed by atoms with Gasteiger partial charge in [-0.15, -0.1) is 0 Å². The molecule has 8 heteroatoms. The first-order valence-electron chi connectivity index (χ1n) is 11.9. The number of nitrogens with zero attached hydrogens (tertiary/aromatic N) is 1. The third-order valence-electron chi connectivity index (χ3n) is 5.89. The predicted molar refractivity (Wildman–Crippen MR) is 124 cm³/mol. The highest BCUT2D eigenvalue weighted by atomic mass is 16.5. The number of esters is 1. The zero-order chi connectivity index (χ0) is 23.3. The topological polar surface area (TPSA) is 97.0 Å². The molecule has 0 aliphatic carbocycles. The fourth-order valence-corrected chi connectivity index (χ4v) is 3.96. The van der Waals surface area contributed by atoms with Gasteiger partial charge >= 0.3 is 5.97 Å². The summed E-state index contributed by atoms with van der Waals surface area (Å²) in [5.41, 5.74) is 0.827. The minimum atomic E-state index is -0.555. The van der Waals surface area contributed by atoms with Gasteiger partial charge in [-0.25, -0.2) is 0 Å². The Morgan fingerprint density at radius 1 is 1.12 bits per heavy atom. The Hall–Kier alpha value is -2.71. The molecule has 3 rings (SSSR count). The van der Waals surface area contributed by atoms with Crippen molar-refractivity contribution in [3.05, 3.63) is 48.0 Å². The molecule has 0 radical (unpaired) electrons. The second-order valence-electron chi connectivity index (χ2n) is 8.44. The van der Waals surface area contributed by atoms with E-state index in [1.165, 1.54) is 0 Å². The van der Waals surface area contributed by atoms with Gasteiger partial charge in [-0.2, -0.15) is 0 Å². The molecule has 2 atom stereocenters. The SMILES string of the molecule is O=C(C[C@@H]1CC=CCCC(=O)O[C@H](c2ccccc2)CNC1=O)NCCCN1CCOCC1. The van der Waals surface area contributed by atoms with E-state index in [4.69, 9.17) is 9.47 Å². The summed E-state index contributed by atoms with van der Waals surface area (Å²) < 4.78 is 11.0. The van der Waals surface area contributed by atoms with E-state index in [1.807, 2.05) is 42.5 Å². The van der Waals surface area contributed by atoms with Crippen molar-refractivity contribution < 1.29 is 23.9 Å². The van der Waals surface area contributed by atoms with E-state index in [1.54, 1.807) is 0 Å². The van der Waals surface area contributed by atoms with Crippen molar-refractivity contribution >= 4 is 17.8 Å². The first-order chi connectivity index (χ1) is 16.1. The smallest absolute Gasteiger partial charge is 0.306 e. The molecule has 33 heavy (non-hydrogen) atoms. The normalized spacial score (nSPS) is 23.0. The maximum Gasteiger partial charge on any atom is 0.306 e. The molecule has 2 aliphatic rings. The number of ether oxygens (including phenoxy) is 2. The Kier molecular flexibility index (Phi) is 10.4. The molecule has 2 N–H and O–H groups in total. The fraction of sp³-hybridized carbons (Fsp3) is 0.560. The molecule has 0 spiro atoms. The van der Waals surface area contributed by atoms with Crippen molar-refractivity contribution in [3.63, 3.8) is 0 Å². The number of benzene rings is 1. The minimum Gasteiger partial charge on any atom is -0.456 e. The van der Waals surface area contributed by atoms with Crippen LogP contribution in [0.2, 0.25) is 0 Å². The van der Waals surface area contributed by atoms with E-state index in [0.717, 1.165) is 44.8 Å². The number of hydrogen-bond donors (Lipinski definition) is 2. The molecule has 1 saturated heterocycles. The van der Waals surface area contributed by atoms with Crippen molar-refractivity contribution in [1.82, 2.24) is 15.5 Å². The monoisotopic (exact) mass is 457 g/mol. The second kappa shape index (κ2) is 13.7. The molecule has 2 amide bonds. The van der Waals surface area contributed by atoms with Crippen molar-refractivity contribution in [1.29, 1.82) is 0 Å². The van der Waals surface area contributed by atoms with Gasteiger partial charge in [0.25, 0.3) is 0 Å². The predicted octanol–water partition coefficient (Wildman–Crippen LogP) is 1.97. The average Bonchev–Trinajstić information content (AvgIpc) is 2.83. The van der Waals surface area contributed by atoms with Crippen LogP contribution in [0.3, 0.4) is 0 Å². The quantitative estimate of drug-likeness (QED) is 0.369. The second-order valence-corrected chi connectivity index (χ2v) is 8.44. The zero-order valence-corrected chi connectivity index (χ0v) is 19.2. The number of rotatable bonds is 7. The Balaban J connectivity index is 1.51. The number of nitrogens with one attached hydrogen (secondary N) is 2. The molecule has 0 unspecified atom stereocenters. The molecule has 8 nitrogen and oxygen atoms in total. The van der Waals surface area contributed by atoms with Gasteiger partial charge in [-0.3, -0.25) is 19.3 Å². The van der Waals surface area contributed by atoms with Crippen LogP contribution in [0.15, 0.2) is 42.5 Å². The van der Waals surface area contributed by atoms with Crippen molar-refractivity contribution in [2.75, 3.05) is 45.9 Å². The van der Waals surface area contributed by atoms with E-state index in [-0.39, 0.29) is 37.2 Å². The van der Waals surface area contributed by atoms with Crippen LogP contribution in [0.5, 0.6) is 0 Å². The Morgan fingerprint density at radius 2 is 1.91 bits per heavy atom. The van der Waals surface area contributed by atoms with Gasteiger partial charge in [-0.1, -0.05) is 42.5 Å². The molecule has 1 aromatic carbocycles. The van der Waals surface area contributed by atoms with Crippen LogP contribution in [0.1, 0.15) is 43.8 Å². The average molecular weight is 458 g/mol. The Bertz CT molecular complexity index is 792. The summed E-state index contributed by atoms with van der Waals surface area (Å²) >= 11 is 0. The molecule has 0 aromatic heterocycles. The van der Waals surface area contributed by atoms with Crippen molar-refractivity contribution in [2.24, 2.45) is 5.92 Å². The van der Waals surface area contributed by atoms with Crippen LogP contribution in [0.4, 0.5) is 0 Å². The number of morpholine rings is 1. The summed E-state index contributed by atoms with van der Waals surface area (Å²) in [7, 11) is 0. The summed E-state index contributed by atoms with van der Waals surface area (Å²) in [5, 5.41) is 5.83. The van der Waals surface area contributed by atoms with Crippen LogP contribution in [-0.2, 0) is 23.9 Å². The van der Waals surface area contributed by atoms with Gasteiger partial charge in [0.05, 0.1) is 25.7 Å². The number of cyclic esters (lactones) is 1. The van der Waals surface area contributed by atoms with E-state index < -0.39 is 12.0 Å². The zero-order valence-electron chi connectivity index (χ0n) is 19.2. The number of hydrogen-bond acceptors (Lipinski definition) is 6. The van der Waals surface area contributed by atoms with E-state index in [2.05, 4.69) is 15.5 Å². The summed E-state index contributed by atoms with van der Waals surface area (Å²) in [6.45, 7) is 5.09. The molecule has 180 valence electrons. The molecule has 0 bridgehead atoms. The van der Waals surface area contributed by atoms with Crippen molar-refractivity contribution in [3.8, 4) is 0 Å². The molecule has 0 saturated carbocycles. The fourth-order valence-electron chi connectivity index (χ4n) is 3.96. The number of carbonyl (C=O) groups is 3. The standard InChI is InChI=1S/C25H35N3O5/c29-23(26-12-7-13-28-14-16-32-17-15-28)18-21-10-5-2-6-11-24(30)33-22(19-27-25(21)31)20-8-3-1-4-9-20/h1-5,8-9,21-22H,6-7,10-19H2,(H,26,29)(H,27,31)/t21-,22-/m0/s1. The third kappa shape index (κ3) is 8.98. The van der Waals surface area contributed by atoms with Gasteiger partial charge < -0.3 is 20.1 Å². The molecule has 2 heterocycles. The molecular formula is C25H35N3O5. The summed E-state index contributed by atoms with van der Waals surface area (Å²) in [6.07, 6.45) is 5.47. The lowest BCUT2D eigenvalue weighted by molar-refractivity contribution is -0.150.